The van der Waals surface area contributed by atoms with E-state index in [9.17, 15) is 13.2 Å². The third kappa shape index (κ3) is 5.72. The number of ether oxygens (including phenoxy) is 1. The summed E-state index contributed by atoms with van der Waals surface area (Å²) in [5.74, 6) is 1.96. The van der Waals surface area contributed by atoms with E-state index in [1.54, 1.807) is 11.8 Å². The smallest absolute Gasteiger partial charge is 0.264 e. The fourth-order valence-electron chi connectivity index (χ4n) is 4.59. The molecule has 0 bridgehead atoms. The lowest BCUT2D eigenvalue weighted by molar-refractivity contribution is -0.140. The number of nitrogens with zero attached hydrogens (tertiary/aromatic N) is 2. The monoisotopic (exact) mass is 474 g/mol. The molecule has 0 radical (unpaired) electrons. The predicted molar refractivity (Wildman–Crippen MR) is 128 cm³/mol. The van der Waals surface area contributed by atoms with Gasteiger partial charge in [-0.1, -0.05) is 6.07 Å². The lowest BCUT2D eigenvalue weighted by atomic mass is 10.1. The van der Waals surface area contributed by atoms with Crippen molar-refractivity contribution in [3.8, 4) is 5.75 Å². The van der Waals surface area contributed by atoms with Crippen LogP contribution in [0.5, 0.6) is 5.75 Å². The van der Waals surface area contributed by atoms with E-state index in [2.05, 4.69) is 4.90 Å². The summed E-state index contributed by atoms with van der Waals surface area (Å²) in [4.78, 5) is 17.3. The van der Waals surface area contributed by atoms with Crippen LogP contribution in [0.1, 0.15) is 49.5 Å². The highest BCUT2D eigenvalue weighted by Crippen LogP contribution is 2.27. The number of piperidine rings is 1. The zero-order valence-electron chi connectivity index (χ0n) is 19.7. The predicted octanol–water partition coefficient (Wildman–Crippen LogP) is 3.87. The molecule has 2 aliphatic rings. The molecule has 2 aliphatic heterocycles. The SMILES string of the molecule is Cc1ccc(OC(C)C(=O)N(Cc2ccc(N3CCCCC3)o2)C2CCS(=O)(=O)C2)cc1C. The molecule has 1 aromatic carbocycles. The second-order valence-electron chi connectivity index (χ2n) is 9.32. The Bertz CT molecular complexity index is 1090. The van der Waals surface area contributed by atoms with Gasteiger partial charge in [0.2, 0.25) is 0 Å². The highest BCUT2D eigenvalue weighted by atomic mass is 32.2. The standard InChI is InChI=1S/C25H34N2O5S/c1-18-7-8-22(15-19(18)2)31-20(3)25(28)27(21-11-14-33(29,30)17-21)16-23-9-10-24(32-23)26-12-5-4-6-13-26/h7-10,15,20-21H,4-6,11-14,16-17H2,1-3H3. The van der Waals surface area contributed by atoms with Gasteiger partial charge in [-0.3, -0.25) is 4.79 Å². The molecule has 0 spiro atoms. The average Bonchev–Trinajstić information content (AvgIpc) is 3.40. The van der Waals surface area contributed by atoms with Crippen molar-refractivity contribution in [1.82, 2.24) is 4.90 Å². The first kappa shape index (κ1) is 23.7. The van der Waals surface area contributed by atoms with Crippen molar-refractivity contribution in [2.24, 2.45) is 0 Å². The first-order chi connectivity index (χ1) is 15.7. The number of benzene rings is 1. The molecule has 2 fully saturated rings. The second kappa shape index (κ2) is 9.79. The van der Waals surface area contributed by atoms with Crippen molar-refractivity contribution in [2.45, 2.75) is 65.1 Å². The summed E-state index contributed by atoms with van der Waals surface area (Å²) >= 11 is 0. The Morgan fingerprint density at radius 3 is 2.58 bits per heavy atom. The maximum absolute atomic E-state index is 13.5. The molecule has 2 aromatic rings. The van der Waals surface area contributed by atoms with Gasteiger partial charge in [0.1, 0.15) is 11.5 Å². The Balaban J connectivity index is 1.51. The summed E-state index contributed by atoms with van der Waals surface area (Å²) in [5, 5.41) is 0. The molecule has 4 rings (SSSR count). The molecule has 2 saturated heterocycles. The van der Waals surface area contributed by atoms with Crippen LogP contribution in [-0.4, -0.2) is 56.0 Å². The summed E-state index contributed by atoms with van der Waals surface area (Å²) in [6.07, 6.45) is 3.22. The van der Waals surface area contributed by atoms with E-state index in [0.717, 1.165) is 42.9 Å². The van der Waals surface area contributed by atoms with E-state index in [1.165, 1.54) is 6.42 Å². The topological polar surface area (TPSA) is 80.1 Å². The van der Waals surface area contributed by atoms with Crippen molar-refractivity contribution in [2.75, 3.05) is 29.5 Å². The lowest BCUT2D eigenvalue weighted by Gasteiger charge is -2.30. The van der Waals surface area contributed by atoms with Gasteiger partial charge in [-0.15, -0.1) is 0 Å². The van der Waals surface area contributed by atoms with Crippen LogP contribution in [0.4, 0.5) is 5.88 Å². The van der Waals surface area contributed by atoms with Gasteiger partial charge in [-0.05, 0) is 75.8 Å². The van der Waals surface area contributed by atoms with Crippen LogP contribution < -0.4 is 9.64 Å². The van der Waals surface area contributed by atoms with Gasteiger partial charge in [-0.25, -0.2) is 8.42 Å². The Labute approximate surface area is 196 Å². The number of hydrogen-bond donors (Lipinski definition) is 0. The Morgan fingerprint density at radius 2 is 1.91 bits per heavy atom. The molecule has 33 heavy (non-hydrogen) atoms. The molecule has 2 atom stereocenters. The Morgan fingerprint density at radius 1 is 1.15 bits per heavy atom. The van der Waals surface area contributed by atoms with Crippen LogP contribution in [0, 0.1) is 13.8 Å². The fraction of sp³-hybridized carbons (Fsp3) is 0.560. The molecule has 8 heteroatoms. The molecule has 0 saturated carbocycles. The van der Waals surface area contributed by atoms with Crippen molar-refractivity contribution in [3.63, 3.8) is 0 Å². The summed E-state index contributed by atoms with van der Waals surface area (Å²) in [5.41, 5.74) is 2.24. The molecule has 0 N–H and O–H groups in total. The van der Waals surface area contributed by atoms with E-state index in [-0.39, 0.29) is 30.0 Å². The molecular formula is C25H34N2O5S. The van der Waals surface area contributed by atoms with Crippen LogP contribution in [0.25, 0.3) is 0 Å². The minimum absolute atomic E-state index is 0.0191. The molecule has 0 aliphatic carbocycles. The number of sulfone groups is 1. The molecule has 7 nitrogen and oxygen atoms in total. The number of aryl methyl sites for hydroxylation is 2. The summed E-state index contributed by atoms with van der Waals surface area (Å²) < 4.78 is 36.4. The number of carbonyl (C=O) groups is 1. The maximum Gasteiger partial charge on any atom is 0.264 e. The molecule has 180 valence electrons. The Hall–Kier alpha value is -2.48. The van der Waals surface area contributed by atoms with Crippen LogP contribution in [0.3, 0.4) is 0 Å². The molecular weight excluding hydrogens is 440 g/mol. The first-order valence-corrected chi connectivity index (χ1v) is 13.6. The Kier molecular flexibility index (Phi) is 7.02. The quantitative estimate of drug-likeness (QED) is 0.606. The summed E-state index contributed by atoms with van der Waals surface area (Å²) in [6, 6.07) is 9.20. The third-order valence-corrected chi connectivity index (χ3v) is 8.46. The second-order valence-corrected chi connectivity index (χ2v) is 11.5. The van der Waals surface area contributed by atoms with Gasteiger partial charge in [0, 0.05) is 25.2 Å². The van der Waals surface area contributed by atoms with E-state index in [4.69, 9.17) is 9.15 Å². The van der Waals surface area contributed by atoms with Crippen molar-refractivity contribution in [3.05, 3.63) is 47.2 Å². The van der Waals surface area contributed by atoms with Gasteiger partial charge in [0.05, 0.1) is 18.1 Å². The fourth-order valence-corrected chi connectivity index (χ4v) is 6.32. The van der Waals surface area contributed by atoms with Crippen LogP contribution in [0.15, 0.2) is 34.7 Å². The van der Waals surface area contributed by atoms with Gasteiger partial charge in [0.25, 0.3) is 5.91 Å². The van der Waals surface area contributed by atoms with Crippen molar-refractivity contribution in [1.29, 1.82) is 0 Å². The molecule has 1 aromatic heterocycles. The first-order valence-electron chi connectivity index (χ1n) is 11.8. The highest BCUT2D eigenvalue weighted by Gasteiger charge is 2.37. The average molecular weight is 475 g/mol. The zero-order chi connectivity index (χ0) is 23.6. The third-order valence-electron chi connectivity index (χ3n) is 6.71. The van der Waals surface area contributed by atoms with Crippen LogP contribution in [-0.2, 0) is 21.2 Å². The zero-order valence-corrected chi connectivity index (χ0v) is 20.6. The van der Waals surface area contributed by atoms with Gasteiger partial charge in [0.15, 0.2) is 21.8 Å². The highest BCUT2D eigenvalue weighted by molar-refractivity contribution is 7.91. The van der Waals surface area contributed by atoms with Gasteiger partial charge >= 0.3 is 0 Å². The minimum atomic E-state index is -3.15. The van der Waals surface area contributed by atoms with E-state index < -0.39 is 15.9 Å². The summed E-state index contributed by atoms with van der Waals surface area (Å²) in [6.45, 7) is 7.91. The van der Waals surface area contributed by atoms with Gasteiger partial charge < -0.3 is 19.0 Å². The summed E-state index contributed by atoms with van der Waals surface area (Å²) in [7, 11) is -3.15. The molecule has 3 heterocycles. The largest absolute Gasteiger partial charge is 0.481 e. The van der Waals surface area contributed by atoms with Crippen LogP contribution in [0.2, 0.25) is 0 Å². The number of furan rings is 1. The number of hydrogen-bond acceptors (Lipinski definition) is 6. The van der Waals surface area contributed by atoms with Crippen molar-refractivity contribution >= 4 is 21.6 Å². The number of amides is 1. The molecule has 1 amide bonds. The molecule has 2 unspecified atom stereocenters. The lowest BCUT2D eigenvalue weighted by Crippen LogP contribution is -2.46. The van der Waals surface area contributed by atoms with E-state index in [0.29, 0.717) is 17.9 Å². The van der Waals surface area contributed by atoms with Crippen LogP contribution >= 0.6 is 0 Å². The normalized spacial score (nSPS) is 21.1. The van der Waals surface area contributed by atoms with E-state index in [1.807, 2.05) is 44.2 Å². The van der Waals surface area contributed by atoms with E-state index >= 15 is 0 Å². The number of carbonyl (C=O) groups excluding carboxylic acids is 1. The van der Waals surface area contributed by atoms with Gasteiger partial charge in [-0.2, -0.15) is 0 Å². The maximum atomic E-state index is 13.5. The minimum Gasteiger partial charge on any atom is -0.481 e. The van der Waals surface area contributed by atoms with Crippen molar-refractivity contribution < 1.29 is 22.4 Å². The number of rotatable bonds is 7. The number of anilines is 1.